The predicted octanol–water partition coefficient (Wildman–Crippen LogP) is 5.92. The molecule has 1 amide bonds. The summed E-state index contributed by atoms with van der Waals surface area (Å²) in [7, 11) is 0. The Morgan fingerprint density at radius 1 is 1.08 bits per heavy atom. The van der Waals surface area contributed by atoms with Gasteiger partial charge in [-0.05, 0) is 36.4 Å². The van der Waals surface area contributed by atoms with Gasteiger partial charge in [-0.2, -0.15) is 13.2 Å². The number of oxazole rings is 1. The van der Waals surface area contributed by atoms with Crippen LogP contribution < -0.4 is 5.32 Å². The molecule has 0 bridgehead atoms. The van der Waals surface area contributed by atoms with Gasteiger partial charge in [0.1, 0.15) is 6.26 Å². The monoisotopic (exact) mass is 400 g/mol. The van der Waals surface area contributed by atoms with E-state index in [1.54, 1.807) is 18.2 Å². The molecule has 3 rings (SSSR count). The van der Waals surface area contributed by atoms with Gasteiger partial charge >= 0.3 is 6.18 Å². The summed E-state index contributed by atoms with van der Waals surface area (Å²) in [5.74, 6) is -0.586. The fourth-order valence-corrected chi connectivity index (χ4v) is 2.45. The molecule has 0 saturated carbocycles. The SMILES string of the molecule is O=C(Nc1cccc(Cl)c1Cl)c1coc(-c2ccc(C(F)(F)F)cc2)n1. The number of nitrogens with zero attached hydrogens (tertiary/aromatic N) is 1. The van der Waals surface area contributed by atoms with Gasteiger partial charge < -0.3 is 9.73 Å². The number of hydrogen-bond acceptors (Lipinski definition) is 3. The molecule has 0 saturated heterocycles. The van der Waals surface area contributed by atoms with Crippen LogP contribution in [0.3, 0.4) is 0 Å². The molecule has 0 spiro atoms. The number of hydrogen-bond donors (Lipinski definition) is 1. The second-order valence-electron chi connectivity index (χ2n) is 5.17. The summed E-state index contributed by atoms with van der Waals surface area (Å²) in [4.78, 5) is 16.2. The second kappa shape index (κ2) is 7.01. The largest absolute Gasteiger partial charge is 0.444 e. The standard InChI is InChI=1S/C17H9Cl2F3N2O2/c18-11-2-1-3-12(14(11)19)23-15(25)13-8-26-16(24-13)9-4-6-10(7-5-9)17(20,21)22/h1-8H,(H,23,25). The van der Waals surface area contributed by atoms with Crippen molar-refractivity contribution in [3.05, 3.63) is 70.0 Å². The van der Waals surface area contributed by atoms with Crippen LogP contribution in [0.1, 0.15) is 16.1 Å². The van der Waals surface area contributed by atoms with Crippen molar-refractivity contribution in [2.75, 3.05) is 5.32 Å². The molecule has 3 aromatic rings. The zero-order valence-electron chi connectivity index (χ0n) is 12.8. The van der Waals surface area contributed by atoms with E-state index in [0.29, 0.717) is 11.3 Å². The number of carbonyl (C=O) groups is 1. The first-order chi connectivity index (χ1) is 12.3. The second-order valence-corrected chi connectivity index (χ2v) is 5.95. The van der Waals surface area contributed by atoms with E-state index in [4.69, 9.17) is 27.6 Å². The van der Waals surface area contributed by atoms with Crippen molar-refractivity contribution in [1.29, 1.82) is 0 Å². The Balaban J connectivity index is 1.79. The Labute approximate surface area is 155 Å². The average Bonchev–Trinajstić information content (AvgIpc) is 3.08. The fourth-order valence-electron chi connectivity index (χ4n) is 2.10. The van der Waals surface area contributed by atoms with Crippen molar-refractivity contribution in [3.63, 3.8) is 0 Å². The normalized spacial score (nSPS) is 11.4. The highest BCUT2D eigenvalue weighted by Gasteiger charge is 2.30. The van der Waals surface area contributed by atoms with E-state index in [0.717, 1.165) is 18.4 Å². The van der Waals surface area contributed by atoms with Crippen LogP contribution in [0.15, 0.2) is 53.1 Å². The highest BCUT2D eigenvalue weighted by molar-refractivity contribution is 6.44. The molecule has 1 heterocycles. The maximum Gasteiger partial charge on any atom is 0.416 e. The zero-order valence-corrected chi connectivity index (χ0v) is 14.3. The molecular formula is C17H9Cl2F3N2O2. The molecule has 9 heteroatoms. The van der Waals surface area contributed by atoms with Gasteiger partial charge in [0.2, 0.25) is 5.89 Å². The molecule has 0 aliphatic rings. The van der Waals surface area contributed by atoms with E-state index in [9.17, 15) is 18.0 Å². The Bertz CT molecular complexity index is 953. The average molecular weight is 401 g/mol. The summed E-state index contributed by atoms with van der Waals surface area (Å²) in [5, 5.41) is 2.98. The summed E-state index contributed by atoms with van der Waals surface area (Å²) < 4.78 is 42.9. The summed E-state index contributed by atoms with van der Waals surface area (Å²) in [6.45, 7) is 0. The topological polar surface area (TPSA) is 55.1 Å². The van der Waals surface area contributed by atoms with Crippen molar-refractivity contribution in [1.82, 2.24) is 4.98 Å². The quantitative estimate of drug-likeness (QED) is 0.593. The summed E-state index contributed by atoms with van der Waals surface area (Å²) >= 11 is 11.9. The number of nitrogens with one attached hydrogen (secondary N) is 1. The van der Waals surface area contributed by atoms with Gasteiger partial charge in [0.15, 0.2) is 5.69 Å². The maximum absolute atomic E-state index is 12.6. The van der Waals surface area contributed by atoms with Crippen LogP contribution in [-0.4, -0.2) is 10.9 Å². The van der Waals surface area contributed by atoms with Gasteiger partial charge in [-0.25, -0.2) is 4.98 Å². The summed E-state index contributed by atoms with van der Waals surface area (Å²) in [6, 6.07) is 8.98. The van der Waals surface area contributed by atoms with Crippen molar-refractivity contribution >= 4 is 34.8 Å². The van der Waals surface area contributed by atoms with Gasteiger partial charge in [-0.1, -0.05) is 29.3 Å². The molecule has 134 valence electrons. The summed E-state index contributed by atoms with van der Waals surface area (Å²) in [5.41, 5.74) is -0.251. The fraction of sp³-hybridized carbons (Fsp3) is 0.0588. The van der Waals surface area contributed by atoms with Crippen LogP contribution in [0, 0.1) is 0 Å². The first-order valence-corrected chi connectivity index (χ1v) is 7.90. The molecular weight excluding hydrogens is 392 g/mol. The van der Waals surface area contributed by atoms with Gasteiger partial charge in [-0.15, -0.1) is 0 Å². The predicted molar refractivity (Wildman–Crippen MR) is 91.4 cm³/mol. The van der Waals surface area contributed by atoms with Gasteiger partial charge in [0.05, 0.1) is 21.3 Å². The number of alkyl halides is 3. The van der Waals surface area contributed by atoms with E-state index in [1.807, 2.05) is 0 Å². The lowest BCUT2D eigenvalue weighted by Crippen LogP contribution is -2.12. The third-order valence-corrected chi connectivity index (χ3v) is 4.21. The van der Waals surface area contributed by atoms with Crippen LogP contribution in [0.4, 0.5) is 18.9 Å². The highest BCUT2D eigenvalue weighted by Crippen LogP contribution is 2.31. The lowest BCUT2D eigenvalue weighted by molar-refractivity contribution is -0.137. The smallest absolute Gasteiger partial charge is 0.416 e. The lowest BCUT2D eigenvalue weighted by Gasteiger charge is -2.06. The van der Waals surface area contributed by atoms with Crippen molar-refractivity contribution in [3.8, 4) is 11.5 Å². The van der Waals surface area contributed by atoms with Crippen LogP contribution in [-0.2, 0) is 6.18 Å². The number of aromatic nitrogens is 1. The van der Waals surface area contributed by atoms with E-state index in [1.165, 1.54) is 12.1 Å². The number of benzene rings is 2. The van der Waals surface area contributed by atoms with Gasteiger partial charge in [0, 0.05) is 5.56 Å². The Hall–Kier alpha value is -2.51. The number of anilines is 1. The molecule has 1 N–H and O–H groups in total. The molecule has 0 fully saturated rings. The Kier molecular flexibility index (Phi) is 4.93. The Morgan fingerprint density at radius 2 is 1.77 bits per heavy atom. The van der Waals surface area contributed by atoms with Crippen LogP contribution in [0.2, 0.25) is 10.0 Å². The first-order valence-electron chi connectivity index (χ1n) is 7.14. The van der Waals surface area contributed by atoms with E-state index in [-0.39, 0.29) is 21.6 Å². The summed E-state index contributed by atoms with van der Waals surface area (Å²) in [6.07, 6.45) is -3.34. The van der Waals surface area contributed by atoms with E-state index < -0.39 is 17.6 Å². The molecule has 0 atom stereocenters. The molecule has 2 aromatic carbocycles. The molecule has 0 aliphatic heterocycles. The molecule has 0 unspecified atom stereocenters. The highest BCUT2D eigenvalue weighted by atomic mass is 35.5. The molecule has 1 aromatic heterocycles. The van der Waals surface area contributed by atoms with Crippen LogP contribution in [0.5, 0.6) is 0 Å². The third kappa shape index (κ3) is 3.84. The molecule has 0 aliphatic carbocycles. The minimum Gasteiger partial charge on any atom is -0.444 e. The third-order valence-electron chi connectivity index (χ3n) is 3.40. The minimum absolute atomic E-state index is 0.0149. The number of amides is 1. The number of halogens is 5. The van der Waals surface area contributed by atoms with E-state index >= 15 is 0 Å². The van der Waals surface area contributed by atoms with Gasteiger partial charge in [-0.3, -0.25) is 4.79 Å². The Morgan fingerprint density at radius 3 is 2.42 bits per heavy atom. The van der Waals surface area contributed by atoms with E-state index in [2.05, 4.69) is 10.3 Å². The van der Waals surface area contributed by atoms with Crippen molar-refractivity contribution in [2.24, 2.45) is 0 Å². The van der Waals surface area contributed by atoms with Crippen LogP contribution in [0.25, 0.3) is 11.5 Å². The number of rotatable bonds is 3. The number of carbonyl (C=O) groups excluding carboxylic acids is 1. The lowest BCUT2D eigenvalue weighted by atomic mass is 10.1. The van der Waals surface area contributed by atoms with Crippen molar-refractivity contribution in [2.45, 2.75) is 6.18 Å². The maximum atomic E-state index is 12.6. The molecule has 0 radical (unpaired) electrons. The van der Waals surface area contributed by atoms with Crippen molar-refractivity contribution < 1.29 is 22.4 Å². The minimum atomic E-state index is -4.43. The zero-order chi connectivity index (χ0) is 18.9. The first kappa shape index (κ1) is 18.3. The molecule has 26 heavy (non-hydrogen) atoms. The van der Waals surface area contributed by atoms with Gasteiger partial charge in [0.25, 0.3) is 5.91 Å². The molecule has 4 nitrogen and oxygen atoms in total. The van der Waals surface area contributed by atoms with Crippen LogP contribution >= 0.6 is 23.2 Å².